The van der Waals surface area contributed by atoms with Crippen molar-refractivity contribution in [1.29, 1.82) is 0 Å². The van der Waals surface area contributed by atoms with E-state index in [1.807, 2.05) is 12.1 Å². The van der Waals surface area contributed by atoms with Crippen LogP contribution < -0.4 is 0 Å². The maximum absolute atomic E-state index is 3.91. The summed E-state index contributed by atoms with van der Waals surface area (Å²) < 4.78 is 0. The minimum atomic E-state index is 0.757. The molecule has 0 N–H and O–H groups in total. The summed E-state index contributed by atoms with van der Waals surface area (Å²) in [6, 6.07) is 3.73. The van der Waals surface area contributed by atoms with Crippen LogP contribution in [-0.4, -0.2) is 4.98 Å². The lowest BCUT2D eigenvalue weighted by atomic mass is 10.4. The van der Waals surface area contributed by atoms with Gasteiger partial charge in [0.2, 0.25) is 5.82 Å². The van der Waals surface area contributed by atoms with Gasteiger partial charge in [-0.2, -0.15) is 0 Å². The molecule has 1 aliphatic heterocycles. The van der Waals surface area contributed by atoms with Crippen LogP contribution in [0, 0.1) is 0 Å². The molecule has 0 aliphatic carbocycles. The van der Waals surface area contributed by atoms with Gasteiger partial charge >= 0.3 is 0 Å². The number of rotatable bonds is 0. The maximum atomic E-state index is 3.91. The quantitative estimate of drug-likeness (QED) is 0.503. The minimum Gasteiger partial charge on any atom is -0.234 e. The summed E-state index contributed by atoms with van der Waals surface area (Å²) in [5.74, 6) is 0.757. The summed E-state index contributed by atoms with van der Waals surface area (Å²) in [4.78, 5) is 3.91. The molecule has 1 aromatic heterocycles. The van der Waals surface area contributed by atoms with Gasteiger partial charge < -0.3 is 0 Å². The summed E-state index contributed by atoms with van der Waals surface area (Å²) in [7, 11) is 0. The van der Waals surface area contributed by atoms with Crippen molar-refractivity contribution in [3.63, 3.8) is 0 Å². The number of azo groups is 1. The minimum absolute atomic E-state index is 0.757. The zero-order valence-electron chi connectivity index (χ0n) is 4.07. The first kappa shape index (κ1) is 3.72. The van der Waals surface area contributed by atoms with Crippen LogP contribution in [0.15, 0.2) is 28.6 Å². The second-order valence-corrected chi connectivity index (χ2v) is 1.55. The lowest BCUT2D eigenvalue weighted by Crippen LogP contribution is -1.78. The largest absolute Gasteiger partial charge is 0.234 e. The van der Waals surface area contributed by atoms with Gasteiger partial charge in [0, 0.05) is 6.20 Å². The van der Waals surface area contributed by atoms with E-state index in [9.17, 15) is 0 Å². The first-order valence-corrected chi connectivity index (χ1v) is 2.33. The van der Waals surface area contributed by atoms with E-state index >= 15 is 0 Å². The molecule has 3 nitrogen and oxygen atoms in total. The Kier molecular flexibility index (Phi) is 0.521. The lowest BCUT2D eigenvalue weighted by molar-refractivity contribution is 1.07. The molecule has 0 fully saturated rings. The van der Waals surface area contributed by atoms with Crippen LogP contribution in [0.2, 0.25) is 0 Å². The van der Waals surface area contributed by atoms with E-state index in [1.54, 1.807) is 6.20 Å². The van der Waals surface area contributed by atoms with Crippen LogP contribution in [-0.2, 0) is 0 Å². The third kappa shape index (κ3) is 0.307. The van der Waals surface area contributed by atoms with Gasteiger partial charge in [-0.15, -0.1) is 10.2 Å². The maximum Gasteiger partial charge on any atom is 0.202 e. The fourth-order valence-electron chi connectivity index (χ4n) is 0.600. The molecule has 0 atom stereocenters. The first-order valence-electron chi connectivity index (χ1n) is 2.33. The second kappa shape index (κ2) is 1.12. The van der Waals surface area contributed by atoms with E-state index in [0.29, 0.717) is 0 Å². The number of nitrogens with zero attached hydrogens (tertiary/aromatic N) is 3. The van der Waals surface area contributed by atoms with Crippen molar-refractivity contribution in [2.24, 2.45) is 10.2 Å². The average Bonchev–Trinajstić information content (AvgIpc) is 1.72. The molecule has 1 aromatic rings. The molecule has 0 saturated carbocycles. The topological polar surface area (TPSA) is 37.6 Å². The molecule has 8 heavy (non-hydrogen) atoms. The highest BCUT2D eigenvalue weighted by Crippen LogP contribution is 2.33. The molecular formula is C5H3N3. The highest BCUT2D eigenvalue weighted by atomic mass is 15.2. The van der Waals surface area contributed by atoms with E-state index in [0.717, 1.165) is 11.5 Å². The fourth-order valence-corrected chi connectivity index (χ4v) is 0.600. The van der Waals surface area contributed by atoms with Gasteiger partial charge in [-0.05, 0) is 12.1 Å². The molecule has 3 heteroatoms. The number of aromatic nitrogens is 1. The van der Waals surface area contributed by atoms with Gasteiger partial charge in [-0.3, -0.25) is 0 Å². The molecule has 0 unspecified atom stereocenters. The van der Waals surface area contributed by atoms with Crippen LogP contribution in [0.3, 0.4) is 0 Å². The van der Waals surface area contributed by atoms with E-state index in [1.165, 1.54) is 0 Å². The van der Waals surface area contributed by atoms with E-state index in [-0.39, 0.29) is 0 Å². The Morgan fingerprint density at radius 1 is 1.25 bits per heavy atom. The molecule has 0 saturated heterocycles. The normalized spacial score (nSPS) is 12.5. The van der Waals surface area contributed by atoms with Gasteiger partial charge in [0.15, 0.2) is 0 Å². The van der Waals surface area contributed by atoms with Crippen LogP contribution in [0.4, 0.5) is 11.5 Å². The van der Waals surface area contributed by atoms with Crippen LogP contribution in [0.25, 0.3) is 0 Å². The number of hydrogen-bond acceptors (Lipinski definition) is 3. The predicted molar refractivity (Wildman–Crippen MR) is 28.4 cm³/mol. The average molecular weight is 105 g/mol. The van der Waals surface area contributed by atoms with Crippen LogP contribution in [0.5, 0.6) is 0 Å². The first-order chi connectivity index (χ1) is 3.97. The smallest absolute Gasteiger partial charge is 0.202 e. The van der Waals surface area contributed by atoms with Gasteiger partial charge in [0.1, 0.15) is 5.69 Å². The molecule has 0 amide bonds. The lowest BCUT2D eigenvalue weighted by Gasteiger charge is -2.01. The van der Waals surface area contributed by atoms with Crippen LogP contribution >= 0.6 is 0 Å². The Labute approximate surface area is 46.1 Å². The summed E-state index contributed by atoms with van der Waals surface area (Å²) >= 11 is 0. The highest BCUT2D eigenvalue weighted by molar-refractivity contribution is 5.60. The Balaban J connectivity index is 2.69. The van der Waals surface area contributed by atoms with Crippen molar-refractivity contribution in [2.75, 3.05) is 0 Å². The second-order valence-electron chi connectivity index (χ2n) is 1.55. The number of pyridine rings is 1. The molecular weight excluding hydrogens is 102 g/mol. The monoisotopic (exact) mass is 105 g/mol. The number of fused-ring (bicyclic) bond motifs is 1. The molecule has 0 bridgehead atoms. The van der Waals surface area contributed by atoms with Crippen molar-refractivity contribution in [1.82, 2.24) is 4.98 Å². The standard InChI is InChI=1S/C5H3N3/c1-2-4-5(6-3-1)8-7-4/h1-3H. The number of hydrogen-bond donors (Lipinski definition) is 0. The third-order valence-electron chi connectivity index (χ3n) is 1.02. The molecule has 0 radical (unpaired) electrons. The fraction of sp³-hybridized carbons (Fsp3) is 0. The zero-order chi connectivity index (χ0) is 5.40. The summed E-state index contributed by atoms with van der Waals surface area (Å²) in [5.41, 5.74) is 0.896. The van der Waals surface area contributed by atoms with E-state index in [2.05, 4.69) is 15.2 Å². The van der Waals surface area contributed by atoms with Crippen molar-refractivity contribution in [2.45, 2.75) is 0 Å². The van der Waals surface area contributed by atoms with Crippen LogP contribution in [0.1, 0.15) is 0 Å². The van der Waals surface area contributed by atoms with Crippen molar-refractivity contribution < 1.29 is 0 Å². The van der Waals surface area contributed by atoms with Gasteiger partial charge in [-0.25, -0.2) is 4.98 Å². The Hall–Kier alpha value is -1.25. The van der Waals surface area contributed by atoms with Crippen molar-refractivity contribution >= 4 is 11.5 Å². The highest BCUT2D eigenvalue weighted by Gasteiger charge is 2.06. The van der Waals surface area contributed by atoms with Gasteiger partial charge in [-0.1, -0.05) is 0 Å². The van der Waals surface area contributed by atoms with Gasteiger partial charge in [0.25, 0.3) is 0 Å². The summed E-state index contributed by atoms with van der Waals surface area (Å²) in [6.07, 6.45) is 1.71. The molecule has 1 aliphatic rings. The third-order valence-corrected chi connectivity index (χ3v) is 1.02. The Morgan fingerprint density at radius 2 is 2.25 bits per heavy atom. The SMILES string of the molecule is c1cnc2c(c1)N=N2. The summed E-state index contributed by atoms with van der Waals surface area (Å²) in [5, 5.41) is 7.34. The predicted octanol–water partition coefficient (Wildman–Crippen LogP) is 1.81. The molecule has 2 heterocycles. The van der Waals surface area contributed by atoms with Gasteiger partial charge in [0.05, 0.1) is 0 Å². The summed E-state index contributed by atoms with van der Waals surface area (Å²) in [6.45, 7) is 0. The van der Waals surface area contributed by atoms with E-state index in [4.69, 9.17) is 0 Å². The zero-order valence-corrected chi connectivity index (χ0v) is 4.07. The molecule has 38 valence electrons. The molecule has 0 spiro atoms. The van der Waals surface area contributed by atoms with Crippen molar-refractivity contribution in [3.8, 4) is 0 Å². The van der Waals surface area contributed by atoms with E-state index < -0.39 is 0 Å². The van der Waals surface area contributed by atoms with Crippen molar-refractivity contribution in [3.05, 3.63) is 18.3 Å². The Bertz CT molecular complexity index is 216. The Morgan fingerprint density at radius 3 is 2.62 bits per heavy atom. The molecule has 0 aromatic carbocycles. The molecule has 2 rings (SSSR count).